The van der Waals surface area contributed by atoms with Crippen molar-refractivity contribution in [2.24, 2.45) is 5.92 Å². The highest BCUT2D eigenvalue weighted by Gasteiger charge is 2.24. The molecule has 0 aliphatic rings. The maximum Gasteiger partial charge on any atom is 0.326 e. The molecule has 0 heterocycles. The summed E-state index contributed by atoms with van der Waals surface area (Å²) < 4.78 is 13.3. The van der Waals surface area contributed by atoms with Gasteiger partial charge in [-0.1, -0.05) is 26.0 Å². The van der Waals surface area contributed by atoms with E-state index in [1.54, 1.807) is 13.8 Å². The van der Waals surface area contributed by atoms with Crippen molar-refractivity contribution in [3.8, 4) is 0 Å². The number of nitrogens with one attached hydrogen (secondary N) is 1. The van der Waals surface area contributed by atoms with E-state index in [4.69, 9.17) is 5.11 Å². The molecule has 0 aliphatic carbocycles. The molecular formula is C12H14FNO3. The number of rotatable bonds is 4. The summed E-state index contributed by atoms with van der Waals surface area (Å²) in [4.78, 5) is 22.6. The first-order valence-electron chi connectivity index (χ1n) is 5.21. The van der Waals surface area contributed by atoms with Gasteiger partial charge >= 0.3 is 5.97 Å². The lowest BCUT2D eigenvalue weighted by atomic mass is 10.0. The smallest absolute Gasteiger partial charge is 0.326 e. The van der Waals surface area contributed by atoms with Gasteiger partial charge in [0.15, 0.2) is 0 Å². The summed E-state index contributed by atoms with van der Waals surface area (Å²) >= 11 is 0. The SMILES string of the molecule is CC(C)[C@@H](NC(=O)c1ccccc1F)C(=O)O. The van der Waals surface area contributed by atoms with Gasteiger partial charge in [0.1, 0.15) is 11.9 Å². The molecule has 0 radical (unpaired) electrons. The summed E-state index contributed by atoms with van der Waals surface area (Å²) in [6.45, 7) is 3.33. The van der Waals surface area contributed by atoms with Gasteiger partial charge in [-0.2, -0.15) is 0 Å². The van der Waals surface area contributed by atoms with Crippen molar-refractivity contribution in [3.05, 3.63) is 35.6 Å². The number of benzene rings is 1. The summed E-state index contributed by atoms with van der Waals surface area (Å²) in [5, 5.41) is 11.2. The zero-order chi connectivity index (χ0) is 13.0. The molecule has 5 heteroatoms. The Labute approximate surface area is 98.5 Å². The van der Waals surface area contributed by atoms with Gasteiger partial charge < -0.3 is 10.4 Å². The van der Waals surface area contributed by atoms with E-state index in [-0.39, 0.29) is 11.5 Å². The highest BCUT2D eigenvalue weighted by Crippen LogP contribution is 2.08. The molecule has 1 aromatic carbocycles. The first-order valence-corrected chi connectivity index (χ1v) is 5.21. The van der Waals surface area contributed by atoms with Crippen LogP contribution in [0.5, 0.6) is 0 Å². The summed E-state index contributed by atoms with van der Waals surface area (Å²) in [7, 11) is 0. The van der Waals surface area contributed by atoms with Crippen molar-refractivity contribution >= 4 is 11.9 Å². The number of hydrogen-bond donors (Lipinski definition) is 2. The lowest BCUT2D eigenvalue weighted by Gasteiger charge is -2.17. The average Bonchev–Trinajstić information content (AvgIpc) is 2.25. The molecular weight excluding hydrogens is 225 g/mol. The second kappa shape index (κ2) is 5.43. The van der Waals surface area contributed by atoms with Crippen LogP contribution >= 0.6 is 0 Å². The summed E-state index contributed by atoms with van der Waals surface area (Å²) in [5.74, 6) is -2.80. The van der Waals surface area contributed by atoms with Crippen molar-refractivity contribution in [1.29, 1.82) is 0 Å². The van der Waals surface area contributed by atoms with Crippen LogP contribution in [-0.4, -0.2) is 23.0 Å². The molecule has 2 N–H and O–H groups in total. The molecule has 0 saturated carbocycles. The monoisotopic (exact) mass is 239 g/mol. The van der Waals surface area contributed by atoms with Crippen LogP contribution in [-0.2, 0) is 4.79 Å². The standard InChI is InChI=1S/C12H14FNO3/c1-7(2)10(12(16)17)14-11(15)8-5-3-4-6-9(8)13/h3-7,10H,1-2H3,(H,14,15)(H,16,17)/t10-/m1/s1. The van der Waals surface area contributed by atoms with Crippen molar-refractivity contribution < 1.29 is 19.1 Å². The van der Waals surface area contributed by atoms with Gasteiger partial charge in [-0.15, -0.1) is 0 Å². The molecule has 0 unspecified atom stereocenters. The molecule has 0 spiro atoms. The number of halogens is 1. The van der Waals surface area contributed by atoms with E-state index in [1.807, 2.05) is 0 Å². The lowest BCUT2D eigenvalue weighted by Crippen LogP contribution is -2.44. The van der Waals surface area contributed by atoms with Crippen molar-refractivity contribution in [2.45, 2.75) is 19.9 Å². The maximum atomic E-state index is 13.3. The molecule has 1 rings (SSSR count). The van der Waals surface area contributed by atoms with Crippen molar-refractivity contribution in [1.82, 2.24) is 5.32 Å². The second-order valence-electron chi connectivity index (χ2n) is 4.01. The van der Waals surface area contributed by atoms with Gasteiger partial charge in [0.25, 0.3) is 5.91 Å². The third-order valence-electron chi connectivity index (χ3n) is 2.34. The lowest BCUT2D eigenvalue weighted by molar-refractivity contribution is -0.140. The number of carbonyl (C=O) groups is 2. The number of carboxylic acid groups (broad SMARTS) is 1. The number of carboxylic acids is 1. The third-order valence-corrected chi connectivity index (χ3v) is 2.34. The van der Waals surface area contributed by atoms with Crippen LogP contribution in [0.25, 0.3) is 0 Å². The fraction of sp³-hybridized carbons (Fsp3) is 0.333. The molecule has 0 aromatic heterocycles. The maximum absolute atomic E-state index is 13.3. The van der Waals surface area contributed by atoms with Crippen LogP contribution < -0.4 is 5.32 Å². The highest BCUT2D eigenvalue weighted by atomic mass is 19.1. The first-order chi connectivity index (χ1) is 7.93. The van der Waals surface area contributed by atoms with Crippen molar-refractivity contribution in [3.63, 3.8) is 0 Å². The third kappa shape index (κ3) is 3.27. The van der Waals surface area contributed by atoms with Crippen LogP contribution in [0.15, 0.2) is 24.3 Å². The Balaban J connectivity index is 2.85. The molecule has 1 aromatic rings. The molecule has 0 fully saturated rings. The Hall–Kier alpha value is -1.91. The van der Waals surface area contributed by atoms with E-state index in [0.717, 1.165) is 6.07 Å². The summed E-state index contributed by atoms with van der Waals surface area (Å²) in [6.07, 6.45) is 0. The molecule has 92 valence electrons. The summed E-state index contributed by atoms with van der Waals surface area (Å²) in [6, 6.07) is 4.41. The van der Waals surface area contributed by atoms with Crippen LogP contribution in [0.4, 0.5) is 4.39 Å². The van der Waals surface area contributed by atoms with Gasteiger partial charge in [-0.25, -0.2) is 9.18 Å². The van der Waals surface area contributed by atoms with Gasteiger partial charge in [-0.05, 0) is 18.1 Å². The Kier molecular flexibility index (Phi) is 4.20. The van der Waals surface area contributed by atoms with Crippen molar-refractivity contribution in [2.75, 3.05) is 0 Å². The Morgan fingerprint density at radius 3 is 2.35 bits per heavy atom. The number of hydrogen-bond acceptors (Lipinski definition) is 2. The highest BCUT2D eigenvalue weighted by molar-refractivity contribution is 5.96. The van der Waals surface area contributed by atoms with Gasteiger partial charge in [-0.3, -0.25) is 4.79 Å². The van der Waals surface area contributed by atoms with Crippen LogP contribution in [0.3, 0.4) is 0 Å². The zero-order valence-corrected chi connectivity index (χ0v) is 9.61. The van der Waals surface area contributed by atoms with Crippen LogP contribution in [0.1, 0.15) is 24.2 Å². The van der Waals surface area contributed by atoms with Crippen LogP contribution in [0.2, 0.25) is 0 Å². The van der Waals surface area contributed by atoms with E-state index < -0.39 is 23.7 Å². The molecule has 1 atom stereocenters. The van der Waals surface area contributed by atoms with Gasteiger partial charge in [0.2, 0.25) is 0 Å². The van der Waals surface area contributed by atoms with Crippen LogP contribution in [0, 0.1) is 11.7 Å². The largest absolute Gasteiger partial charge is 0.480 e. The molecule has 4 nitrogen and oxygen atoms in total. The molecule has 0 saturated heterocycles. The first kappa shape index (κ1) is 13.2. The quantitative estimate of drug-likeness (QED) is 0.839. The number of aliphatic carboxylic acids is 1. The molecule has 17 heavy (non-hydrogen) atoms. The predicted octanol–water partition coefficient (Wildman–Crippen LogP) is 1.66. The zero-order valence-electron chi connectivity index (χ0n) is 9.61. The van der Waals surface area contributed by atoms with E-state index >= 15 is 0 Å². The van der Waals surface area contributed by atoms with E-state index in [0.29, 0.717) is 0 Å². The average molecular weight is 239 g/mol. The topological polar surface area (TPSA) is 66.4 Å². The normalized spacial score (nSPS) is 12.2. The van der Waals surface area contributed by atoms with Gasteiger partial charge in [0.05, 0.1) is 5.56 Å². The minimum atomic E-state index is -1.13. The summed E-state index contributed by atoms with van der Waals surface area (Å²) in [5.41, 5.74) is -0.153. The predicted molar refractivity (Wildman–Crippen MR) is 60.1 cm³/mol. The Bertz CT molecular complexity index is 432. The molecule has 0 bridgehead atoms. The van der Waals surface area contributed by atoms with E-state index in [1.165, 1.54) is 18.2 Å². The minimum absolute atomic E-state index is 0.153. The van der Waals surface area contributed by atoms with E-state index in [2.05, 4.69) is 5.32 Å². The molecule has 1 amide bonds. The Morgan fingerprint density at radius 1 is 1.29 bits per heavy atom. The second-order valence-corrected chi connectivity index (χ2v) is 4.01. The fourth-order valence-corrected chi connectivity index (χ4v) is 1.38. The van der Waals surface area contributed by atoms with Gasteiger partial charge in [0, 0.05) is 0 Å². The number of amides is 1. The minimum Gasteiger partial charge on any atom is -0.480 e. The molecule has 0 aliphatic heterocycles. The fourth-order valence-electron chi connectivity index (χ4n) is 1.38. The number of carbonyl (C=O) groups excluding carboxylic acids is 1. The Morgan fingerprint density at radius 2 is 1.88 bits per heavy atom. The van der Waals surface area contributed by atoms with E-state index in [9.17, 15) is 14.0 Å².